The van der Waals surface area contributed by atoms with E-state index in [0.717, 1.165) is 4.90 Å². The van der Waals surface area contributed by atoms with Crippen LogP contribution in [0, 0.1) is 11.3 Å². The van der Waals surface area contributed by atoms with E-state index in [9.17, 15) is 5.11 Å². The first-order valence-corrected chi connectivity index (χ1v) is 8.41. The van der Waals surface area contributed by atoms with Gasteiger partial charge in [0.15, 0.2) is 9.64 Å². The van der Waals surface area contributed by atoms with Crippen LogP contribution in [0.25, 0.3) is 0 Å². The number of aliphatic hydroxyl groups is 1. The fourth-order valence-electron chi connectivity index (χ4n) is 1.17. The van der Waals surface area contributed by atoms with Crippen molar-refractivity contribution >= 4 is 10.9 Å². The third-order valence-electron chi connectivity index (χ3n) is 2.53. The number of nitriles is 1. The summed E-state index contributed by atoms with van der Waals surface area (Å²) in [6.07, 6.45) is 2.10. The summed E-state index contributed by atoms with van der Waals surface area (Å²) in [4.78, 5) is 1.13. The molecule has 0 radical (unpaired) electrons. The third-order valence-corrected chi connectivity index (χ3v) is 5.27. The van der Waals surface area contributed by atoms with E-state index in [1.807, 2.05) is 59.7 Å². The van der Waals surface area contributed by atoms with E-state index < -0.39 is 0 Å². The van der Waals surface area contributed by atoms with Crippen molar-refractivity contribution in [1.29, 1.82) is 5.26 Å². The smallest absolute Gasteiger partial charge is 0.156 e. The first-order valence-electron chi connectivity index (χ1n) is 6.78. The summed E-state index contributed by atoms with van der Waals surface area (Å²) >= 11 is 0. The zero-order valence-corrected chi connectivity index (χ0v) is 14.1. The van der Waals surface area contributed by atoms with E-state index >= 15 is 0 Å². The van der Waals surface area contributed by atoms with Crippen LogP contribution in [0.2, 0.25) is 0 Å². The standard InChI is InChI=1S/C12H16NOS.2C2H6/c1-12(2,9-14)15(3)11-6-4-5-10(7-11)8-13;2*1-2/h4-7,14H,9H2,1-3H3;2*1-2H3/q+1;;. The number of hydrogen-bond donors (Lipinski definition) is 1. The summed E-state index contributed by atoms with van der Waals surface area (Å²) in [6.45, 7) is 12.2. The highest BCUT2D eigenvalue weighted by Crippen LogP contribution is 2.25. The maximum absolute atomic E-state index is 9.29. The molecule has 3 heteroatoms. The van der Waals surface area contributed by atoms with Gasteiger partial charge in [0.05, 0.1) is 18.2 Å². The van der Waals surface area contributed by atoms with Crippen LogP contribution >= 0.6 is 0 Å². The molecule has 1 atom stereocenters. The SMILES string of the molecule is CC.CC.C[S+](c1cccc(C#N)c1)C(C)(C)CO. The van der Waals surface area contributed by atoms with Crippen LogP contribution in [-0.4, -0.2) is 22.7 Å². The van der Waals surface area contributed by atoms with Crippen molar-refractivity contribution in [3.63, 3.8) is 0 Å². The molecule has 0 saturated carbocycles. The minimum Gasteiger partial charge on any atom is -0.391 e. The Labute approximate surface area is 121 Å². The van der Waals surface area contributed by atoms with Gasteiger partial charge in [-0.1, -0.05) is 33.8 Å². The summed E-state index contributed by atoms with van der Waals surface area (Å²) < 4.78 is -0.131. The average Bonchev–Trinajstić information content (AvgIpc) is 2.50. The van der Waals surface area contributed by atoms with Crippen molar-refractivity contribution < 1.29 is 5.11 Å². The molecule has 0 saturated heterocycles. The molecular weight excluding hydrogens is 254 g/mol. The second kappa shape index (κ2) is 10.9. The quantitative estimate of drug-likeness (QED) is 0.852. The number of aliphatic hydroxyl groups excluding tert-OH is 1. The van der Waals surface area contributed by atoms with Crippen LogP contribution in [0.4, 0.5) is 0 Å². The molecule has 1 N–H and O–H groups in total. The molecule has 1 aromatic rings. The van der Waals surface area contributed by atoms with Gasteiger partial charge in [0.25, 0.3) is 0 Å². The Kier molecular flexibility index (Phi) is 11.7. The summed E-state index contributed by atoms with van der Waals surface area (Å²) in [5, 5.41) is 18.1. The summed E-state index contributed by atoms with van der Waals surface area (Å²) in [6, 6.07) is 9.74. The topological polar surface area (TPSA) is 44.0 Å². The van der Waals surface area contributed by atoms with Gasteiger partial charge in [-0.15, -0.1) is 0 Å². The van der Waals surface area contributed by atoms with E-state index in [1.54, 1.807) is 6.07 Å². The highest BCUT2D eigenvalue weighted by atomic mass is 32.2. The lowest BCUT2D eigenvalue weighted by Crippen LogP contribution is -2.35. The van der Waals surface area contributed by atoms with Crippen molar-refractivity contribution in [2.75, 3.05) is 12.9 Å². The molecule has 0 aromatic heterocycles. The predicted octanol–water partition coefficient (Wildman–Crippen LogP) is 3.99. The number of benzene rings is 1. The van der Waals surface area contributed by atoms with Crippen LogP contribution < -0.4 is 0 Å². The van der Waals surface area contributed by atoms with Crippen molar-refractivity contribution in [2.45, 2.75) is 51.2 Å². The first-order chi connectivity index (χ1) is 9.01. The Morgan fingerprint density at radius 2 is 1.74 bits per heavy atom. The molecule has 0 heterocycles. The first kappa shape index (κ1) is 20.3. The van der Waals surface area contributed by atoms with Gasteiger partial charge in [0.2, 0.25) is 0 Å². The maximum Gasteiger partial charge on any atom is 0.156 e. The fourth-order valence-corrected chi connectivity index (χ4v) is 2.59. The Hall–Kier alpha value is -0.980. The lowest BCUT2D eigenvalue weighted by atomic mass is 10.2. The van der Waals surface area contributed by atoms with Gasteiger partial charge in [-0.2, -0.15) is 5.26 Å². The van der Waals surface area contributed by atoms with Gasteiger partial charge in [0, 0.05) is 17.0 Å². The van der Waals surface area contributed by atoms with Crippen LogP contribution in [0.15, 0.2) is 29.2 Å². The lowest BCUT2D eigenvalue weighted by Gasteiger charge is -2.20. The Morgan fingerprint density at radius 3 is 2.16 bits per heavy atom. The van der Waals surface area contributed by atoms with Gasteiger partial charge in [0.1, 0.15) is 6.26 Å². The van der Waals surface area contributed by atoms with Gasteiger partial charge < -0.3 is 5.11 Å². The minimum atomic E-state index is -0.131. The van der Waals surface area contributed by atoms with Gasteiger partial charge in [-0.25, -0.2) is 0 Å². The zero-order valence-electron chi connectivity index (χ0n) is 13.3. The van der Waals surface area contributed by atoms with Crippen LogP contribution in [0.1, 0.15) is 47.1 Å². The normalized spacial score (nSPS) is 11.1. The number of hydrogen-bond acceptors (Lipinski definition) is 2. The summed E-state index contributed by atoms with van der Waals surface area (Å²) in [5.74, 6) is 0. The average molecular weight is 282 g/mol. The molecule has 19 heavy (non-hydrogen) atoms. The van der Waals surface area contributed by atoms with E-state index in [4.69, 9.17) is 5.26 Å². The van der Waals surface area contributed by atoms with E-state index in [1.165, 1.54) is 0 Å². The fraction of sp³-hybridized carbons (Fsp3) is 0.562. The summed E-state index contributed by atoms with van der Waals surface area (Å²) in [7, 11) is -0.0568. The van der Waals surface area contributed by atoms with Crippen LogP contribution in [0.5, 0.6) is 0 Å². The molecule has 108 valence electrons. The molecular formula is C16H28NOS+. The minimum absolute atomic E-state index is 0.0568. The van der Waals surface area contributed by atoms with Crippen LogP contribution in [0.3, 0.4) is 0 Å². The molecule has 0 amide bonds. The lowest BCUT2D eigenvalue weighted by molar-refractivity contribution is 0.263. The monoisotopic (exact) mass is 282 g/mol. The van der Waals surface area contributed by atoms with E-state index in [0.29, 0.717) is 5.56 Å². The van der Waals surface area contributed by atoms with E-state index in [2.05, 4.69) is 12.3 Å². The van der Waals surface area contributed by atoms with Crippen LogP contribution in [-0.2, 0) is 10.9 Å². The highest BCUT2D eigenvalue weighted by molar-refractivity contribution is 7.97. The molecule has 0 fully saturated rings. The number of rotatable bonds is 3. The molecule has 1 rings (SSSR count). The number of nitrogens with zero attached hydrogens (tertiary/aromatic N) is 1. The van der Waals surface area contributed by atoms with E-state index in [-0.39, 0.29) is 22.2 Å². The molecule has 0 aliphatic heterocycles. The molecule has 0 spiro atoms. The Morgan fingerprint density at radius 1 is 1.21 bits per heavy atom. The maximum atomic E-state index is 9.29. The molecule has 1 unspecified atom stereocenters. The third kappa shape index (κ3) is 6.66. The zero-order chi connectivity index (χ0) is 15.5. The Balaban J connectivity index is 0. The van der Waals surface area contributed by atoms with Crippen molar-refractivity contribution in [2.24, 2.45) is 0 Å². The predicted molar refractivity (Wildman–Crippen MR) is 86.6 cm³/mol. The second-order valence-corrected chi connectivity index (χ2v) is 6.66. The molecule has 0 aliphatic carbocycles. The largest absolute Gasteiger partial charge is 0.391 e. The molecule has 2 nitrogen and oxygen atoms in total. The van der Waals surface area contributed by atoms with Gasteiger partial charge in [-0.05, 0) is 26.0 Å². The van der Waals surface area contributed by atoms with Crippen molar-refractivity contribution in [3.8, 4) is 6.07 Å². The molecule has 0 bridgehead atoms. The molecule has 0 aliphatic rings. The Bertz CT molecular complexity index is 383. The van der Waals surface area contributed by atoms with Crippen molar-refractivity contribution in [3.05, 3.63) is 29.8 Å². The summed E-state index contributed by atoms with van der Waals surface area (Å²) in [5.41, 5.74) is 0.681. The van der Waals surface area contributed by atoms with Gasteiger partial charge >= 0.3 is 0 Å². The second-order valence-electron chi connectivity index (χ2n) is 4.07. The van der Waals surface area contributed by atoms with Crippen molar-refractivity contribution in [1.82, 2.24) is 0 Å². The van der Waals surface area contributed by atoms with Gasteiger partial charge in [-0.3, -0.25) is 0 Å². The highest BCUT2D eigenvalue weighted by Gasteiger charge is 2.36. The molecule has 1 aromatic carbocycles.